The zero-order valence-corrected chi connectivity index (χ0v) is 9.97. The van der Waals surface area contributed by atoms with E-state index < -0.39 is 6.04 Å². The highest BCUT2D eigenvalue weighted by atomic mass is 16.2. The monoisotopic (exact) mass is 231 g/mol. The van der Waals surface area contributed by atoms with Gasteiger partial charge in [0, 0.05) is 6.54 Å². The summed E-state index contributed by atoms with van der Waals surface area (Å²) in [5.74, 6) is -0.169. The zero-order chi connectivity index (χ0) is 12.7. The molecule has 0 spiro atoms. The molecule has 1 aromatic rings. The van der Waals surface area contributed by atoms with Crippen molar-refractivity contribution in [3.05, 3.63) is 35.9 Å². The third kappa shape index (κ3) is 3.89. The lowest BCUT2D eigenvalue weighted by Crippen LogP contribution is -2.43. The number of carbonyl (C=O) groups is 1. The third-order valence-electron chi connectivity index (χ3n) is 2.55. The van der Waals surface area contributed by atoms with Crippen LogP contribution < -0.4 is 5.73 Å². The maximum absolute atomic E-state index is 11.9. The molecule has 0 aliphatic rings. The zero-order valence-electron chi connectivity index (χ0n) is 9.97. The van der Waals surface area contributed by atoms with Crippen LogP contribution in [0.15, 0.2) is 30.3 Å². The van der Waals surface area contributed by atoms with Crippen LogP contribution in [-0.2, 0) is 11.3 Å². The lowest BCUT2D eigenvalue weighted by atomic mass is 10.1. The van der Waals surface area contributed by atoms with Crippen molar-refractivity contribution in [3.63, 3.8) is 0 Å². The minimum atomic E-state index is -0.521. The Morgan fingerprint density at radius 2 is 2.12 bits per heavy atom. The number of amides is 1. The van der Waals surface area contributed by atoms with Gasteiger partial charge in [0.25, 0.3) is 0 Å². The molecule has 1 atom stereocenters. The van der Waals surface area contributed by atoms with Gasteiger partial charge in [-0.1, -0.05) is 37.3 Å². The van der Waals surface area contributed by atoms with E-state index in [1.165, 1.54) is 4.90 Å². The number of hydrogen-bond donors (Lipinski definition) is 1. The van der Waals surface area contributed by atoms with Crippen LogP contribution in [0.2, 0.25) is 0 Å². The topological polar surface area (TPSA) is 70.1 Å². The summed E-state index contributed by atoms with van der Waals surface area (Å²) in [5.41, 5.74) is 6.70. The summed E-state index contributed by atoms with van der Waals surface area (Å²) in [4.78, 5) is 13.4. The Hall–Kier alpha value is -1.86. The minimum Gasteiger partial charge on any atom is -0.324 e. The normalized spacial score (nSPS) is 11.6. The van der Waals surface area contributed by atoms with E-state index >= 15 is 0 Å². The standard InChI is InChI=1S/C13H17N3O/c1-2-12(15)13(17)16(9-8-14)10-11-6-4-3-5-7-11/h3-7,12H,2,9-10,15H2,1H3. The van der Waals surface area contributed by atoms with Gasteiger partial charge < -0.3 is 10.6 Å². The van der Waals surface area contributed by atoms with Crippen LogP contribution in [0.4, 0.5) is 0 Å². The average molecular weight is 231 g/mol. The third-order valence-corrected chi connectivity index (χ3v) is 2.55. The Labute approximate surface area is 102 Å². The van der Waals surface area contributed by atoms with E-state index in [1.54, 1.807) is 0 Å². The van der Waals surface area contributed by atoms with Crippen molar-refractivity contribution in [2.24, 2.45) is 5.73 Å². The van der Waals surface area contributed by atoms with Gasteiger partial charge >= 0.3 is 0 Å². The molecule has 1 aromatic carbocycles. The van der Waals surface area contributed by atoms with Gasteiger partial charge in [0.2, 0.25) is 5.91 Å². The van der Waals surface area contributed by atoms with E-state index in [0.29, 0.717) is 13.0 Å². The lowest BCUT2D eigenvalue weighted by molar-refractivity contribution is -0.132. The Balaban J connectivity index is 2.74. The molecule has 4 nitrogen and oxygen atoms in total. The molecule has 0 aliphatic heterocycles. The van der Waals surface area contributed by atoms with Crippen molar-refractivity contribution in [1.82, 2.24) is 4.90 Å². The van der Waals surface area contributed by atoms with Crippen LogP contribution in [0.1, 0.15) is 18.9 Å². The highest BCUT2D eigenvalue weighted by molar-refractivity contribution is 5.81. The van der Waals surface area contributed by atoms with Crippen molar-refractivity contribution in [3.8, 4) is 6.07 Å². The number of hydrogen-bond acceptors (Lipinski definition) is 3. The molecule has 4 heteroatoms. The Morgan fingerprint density at radius 3 is 2.65 bits per heavy atom. The number of nitrogens with two attached hydrogens (primary N) is 1. The van der Waals surface area contributed by atoms with Crippen molar-refractivity contribution < 1.29 is 4.79 Å². The van der Waals surface area contributed by atoms with Gasteiger partial charge in [-0.2, -0.15) is 5.26 Å². The molecule has 0 radical (unpaired) electrons. The van der Waals surface area contributed by atoms with E-state index in [2.05, 4.69) is 0 Å². The number of carbonyl (C=O) groups excluding carboxylic acids is 1. The first-order valence-electron chi connectivity index (χ1n) is 5.64. The first kappa shape index (κ1) is 13.2. The fourth-order valence-corrected chi connectivity index (χ4v) is 1.51. The van der Waals surface area contributed by atoms with Crippen molar-refractivity contribution >= 4 is 5.91 Å². The van der Waals surface area contributed by atoms with Gasteiger partial charge in [-0.3, -0.25) is 4.79 Å². The van der Waals surface area contributed by atoms with Gasteiger partial charge in [0.05, 0.1) is 12.1 Å². The minimum absolute atomic E-state index is 0.0709. The number of benzene rings is 1. The lowest BCUT2D eigenvalue weighted by Gasteiger charge is -2.22. The summed E-state index contributed by atoms with van der Waals surface area (Å²) in [7, 11) is 0. The van der Waals surface area contributed by atoms with Crippen LogP contribution in [-0.4, -0.2) is 23.4 Å². The van der Waals surface area contributed by atoms with E-state index in [1.807, 2.05) is 43.3 Å². The summed E-state index contributed by atoms with van der Waals surface area (Å²) in [5, 5.41) is 8.73. The molecule has 0 aromatic heterocycles. The molecule has 0 saturated carbocycles. The molecule has 90 valence electrons. The molecule has 0 aliphatic carbocycles. The highest BCUT2D eigenvalue weighted by Crippen LogP contribution is 2.06. The second-order valence-electron chi connectivity index (χ2n) is 3.85. The van der Waals surface area contributed by atoms with E-state index in [0.717, 1.165) is 5.56 Å². The maximum Gasteiger partial charge on any atom is 0.240 e. The Bertz CT molecular complexity index is 397. The smallest absolute Gasteiger partial charge is 0.240 e. The fourth-order valence-electron chi connectivity index (χ4n) is 1.51. The number of nitriles is 1. The van der Waals surface area contributed by atoms with Crippen molar-refractivity contribution in [2.45, 2.75) is 25.9 Å². The SMILES string of the molecule is CCC(N)C(=O)N(CC#N)Cc1ccccc1. The first-order valence-corrected chi connectivity index (χ1v) is 5.64. The molecule has 1 unspecified atom stereocenters. The number of nitrogens with zero attached hydrogens (tertiary/aromatic N) is 2. The molecule has 2 N–H and O–H groups in total. The molecule has 0 bridgehead atoms. The molecule has 0 fully saturated rings. The molecule has 0 saturated heterocycles. The molecular formula is C13H17N3O. The van der Waals surface area contributed by atoms with Gasteiger partial charge in [-0.25, -0.2) is 0 Å². The second kappa shape index (κ2) is 6.66. The van der Waals surface area contributed by atoms with E-state index in [-0.39, 0.29) is 12.5 Å². The molecule has 1 amide bonds. The molecule has 0 heterocycles. The van der Waals surface area contributed by atoms with Gasteiger partial charge in [0.1, 0.15) is 6.54 Å². The summed E-state index contributed by atoms with van der Waals surface area (Å²) < 4.78 is 0. The van der Waals surface area contributed by atoms with Crippen molar-refractivity contribution in [2.75, 3.05) is 6.54 Å². The summed E-state index contributed by atoms with van der Waals surface area (Å²) >= 11 is 0. The van der Waals surface area contributed by atoms with Gasteiger partial charge in [0.15, 0.2) is 0 Å². The molecular weight excluding hydrogens is 214 g/mol. The van der Waals surface area contributed by atoms with Crippen LogP contribution >= 0.6 is 0 Å². The second-order valence-corrected chi connectivity index (χ2v) is 3.85. The first-order chi connectivity index (χ1) is 8.19. The summed E-state index contributed by atoms with van der Waals surface area (Å²) in [6.07, 6.45) is 0.579. The maximum atomic E-state index is 11.9. The summed E-state index contributed by atoms with van der Waals surface area (Å²) in [6.45, 7) is 2.36. The highest BCUT2D eigenvalue weighted by Gasteiger charge is 2.19. The van der Waals surface area contributed by atoms with Crippen molar-refractivity contribution in [1.29, 1.82) is 5.26 Å². The number of rotatable bonds is 5. The van der Waals surface area contributed by atoms with Crippen LogP contribution in [0, 0.1) is 11.3 Å². The average Bonchev–Trinajstić information content (AvgIpc) is 2.37. The van der Waals surface area contributed by atoms with E-state index in [9.17, 15) is 4.79 Å². The Morgan fingerprint density at radius 1 is 1.47 bits per heavy atom. The molecule has 17 heavy (non-hydrogen) atoms. The van der Waals surface area contributed by atoms with Crippen LogP contribution in [0.25, 0.3) is 0 Å². The largest absolute Gasteiger partial charge is 0.324 e. The van der Waals surface area contributed by atoms with Gasteiger partial charge in [-0.05, 0) is 12.0 Å². The van der Waals surface area contributed by atoms with E-state index in [4.69, 9.17) is 11.0 Å². The summed E-state index contributed by atoms with van der Waals surface area (Å²) in [6, 6.07) is 11.1. The predicted octanol–water partition coefficient (Wildman–Crippen LogP) is 1.28. The van der Waals surface area contributed by atoms with Gasteiger partial charge in [-0.15, -0.1) is 0 Å². The quantitative estimate of drug-likeness (QED) is 0.776. The van der Waals surface area contributed by atoms with Crippen LogP contribution in [0.5, 0.6) is 0 Å². The van der Waals surface area contributed by atoms with Crippen LogP contribution in [0.3, 0.4) is 0 Å². The molecule has 1 rings (SSSR count). The fraction of sp³-hybridized carbons (Fsp3) is 0.385. The predicted molar refractivity (Wildman–Crippen MR) is 65.7 cm³/mol. The Kier molecular flexibility index (Phi) is 5.18.